The van der Waals surface area contributed by atoms with Gasteiger partial charge >= 0.3 is 0 Å². The van der Waals surface area contributed by atoms with Gasteiger partial charge in [-0.05, 0) is 37.1 Å². The maximum Gasteiger partial charge on any atom is 0.225 e. The number of nitrogens with two attached hydrogens (primary N) is 1. The highest BCUT2D eigenvalue weighted by molar-refractivity contribution is 7.10. The molecule has 1 saturated carbocycles. The lowest BCUT2D eigenvalue weighted by Crippen LogP contribution is -2.45. The SMILES string of the molecule is Nc1ccsc1CNC1CCN(C(=O)C2CC2)CC1. The fraction of sp³-hybridized carbons (Fsp3) is 0.643. The van der Waals surface area contributed by atoms with Gasteiger partial charge in [0.25, 0.3) is 0 Å². The molecule has 2 fully saturated rings. The zero-order valence-electron chi connectivity index (χ0n) is 11.1. The summed E-state index contributed by atoms with van der Waals surface area (Å²) in [7, 11) is 0. The number of likely N-dealkylation sites (tertiary alicyclic amines) is 1. The summed E-state index contributed by atoms with van der Waals surface area (Å²) < 4.78 is 0. The maximum absolute atomic E-state index is 11.9. The molecule has 5 heteroatoms. The summed E-state index contributed by atoms with van der Waals surface area (Å²) in [5.41, 5.74) is 6.76. The molecule has 0 atom stereocenters. The molecule has 0 unspecified atom stereocenters. The molecule has 1 aromatic rings. The highest BCUT2D eigenvalue weighted by atomic mass is 32.1. The van der Waals surface area contributed by atoms with E-state index in [0.717, 1.165) is 51.0 Å². The van der Waals surface area contributed by atoms with Gasteiger partial charge in [-0.1, -0.05) is 0 Å². The lowest BCUT2D eigenvalue weighted by Gasteiger charge is -2.32. The third-order valence-electron chi connectivity index (χ3n) is 4.06. The van der Waals surface area contributed by atoms with E-state index < -0.39 is 0 Å². The molecule has 104 valence electrons. The summed E-state index contributed by atoms with van der Waals surface area (Å²) in [5, 5.41) is 5.59. The molecule has 0 aromatic carbocycles. The van der Waals surface area contributed by atoms with Crippen molar-refractivity contribution in [1.29, 1.82) is 0 Å². The van der Waals surface area contributed by atoms with Crippen LogP contribution in [0.4, 0.5) is 5.69 Å². The Labute approximate surface area is 118 Å². The normalized spacial score (nSPS) is 20.7. The highest BCUT2D eigenvalue weighted by Crippen LogP contribution is 2.32. The Bertz CT molecular complexity index is 447. The third-order valence-corrected chi connectivity index (χ3v) is 5.00. The van der Waals surface area contributed by atoms with Gasteiger partial charge in [0.05, 0.1) is 0 Å². The van der Waals surface area contributed by atoms with E-state index in [4.69, 9.17) is 5.73 Å². The molecule has 19 heavy (non-hydrogen) atoms. The molecule has 3 rings (SSSR count). The first-order chi connectivity index (χ1) is 9.24. The molecule has 2 aliphatic rings. The van der Waals surface area contributed by atoms with Crippen LogP contribution < -0.4 is 11.1 Å². The Kier molecular flexibility index (Phi) is 3.75. The molecule has 0 bridgehead atoms. The third kappa shape index (κ3) is 3.09. The van der Waals surface area contributed by atoms with Gasteiger partial charge in [0, 0.05) is 42.2 Å². The summed E-state index contributed by atoms with van der Waals surface area (Å²) in [6.45, 7) is 2.67. The summed E-state index contributed by atoms with van der Waals surface area (Å²) in [4.78, 5) is 15.2. The Morgan fingerprint density at radius 3 is 2.68 bits per heavy atom. The number of carbonyl (C=O) groups is 1. The number of nitrogen functional groups attached to an aromatic ring is 1. The minimum Gasteiger partial charge on any atom is -0.398 e. The van der Waals surface area contributed by atoms with Crippen LogP contribution in [0, 0.1) is 5.92 Å². The van der Waals surface area contributed by atoms with Crippen molar-refractivity contribution >= 4 is 22.9 Å². The van der Waals surface area contributed by atoms with Crippen molar-refractivity contribution in [2.24, 2.45) is 5.92 Å². The Hall–Kier alpha value is -1.07. The molecule has 1 aromatic heterocycles. The number of nitrogens with zero attached hydrogens (tertiary/aromatic N) is 1. The van der Waals surface area contributed by atoms with E-state index in [-0.39, 0.29) is 0 Å². The van der Waals surface area contributed by atoms with Gasteiger partial charge < -0.3 is 16.0 Å². The van der Waals surface area contributed by atoms with Crippen molar-refractivity contribution in [2.75, 3.05) is 18.8 Å². The number of thiophene rings is 1. The fourth-order valence-electron chi connectivity index (χ4n) is 2.62. The van der Waals surface area contributed by atoms with E-state index in [1.807, 2.05) is 11.4 Å². The molecule has 2 heterocycles. The Balaban J connectivity index is 1.43. The van der Waals surface area contributed by atoms with Gasteiger partial charge in [-0.2, -0.15) is 0 Å². The minimum atomic E-state index is 0.357. The van der Waals surface area contributed by atoms with Gasteiger partial charge in [-0.25, -0.2) is 0 Å². The summed E-state index contributed by atoms with van der Waals surface area (Å²) >= 11 is 1.70. The van der Waals surface area contributed by atoms with Crippen molar-refractivity contribution < 1.29 is 4.79 Å². The second-order valence-corrected chi connectivity index (χ2v) is 6.55. The molecule has 3 N–H and O–H groups in total. The first-order valence-electron chi connectivity index (χ1n) is 7.08. The number of hydrogen-bond donors (Lipinski definition) is 2. The van der Waals surface area contributed by atoms with E-state index in [0.29, 0.717) is 17.9 Å². The second-order valence-electron chi connectivity index (χ2n) is 5.55. The van der Waals surface area contributed by atoms with Gasteiger partial charge in [0.2, 0.25) is 5.91 Å². The lowest BCUT2D eigenvalue weighted by atomic mass is 10.0. The van der Waals surface area contributed by atoms with Crippen LogP contribution in [0.2, 0.25) is 0 Å². The molecule has 1 aliphatic carbocycles. The van der Waals surface area contributed by atoms with Crippen molar-refractivity contribution in [2.45, 2.75) is 38.3 Å². The molecule has 1 saturated heterocycles. The molecule has 0 radical (unpaired) electrons. The molecule has 0 spiro atoms. The van der Waals surface area contributed by atoms with E-state index in [1.165, 1.54) is 4.88 Å². The number of piperidine rings is 1. The van der Waals surface area contributed by atoms with Crippen LogP contribution >= 0.6 is 11.3 Å². The average molecular weight is 279 g/mol. The maximum atomic E-state index is 11.9. The lowest BCUT2D eigenvalue weighted by molar-refractivity contribution is -0.133. The average Bonchev–Trinajstić information content (AvgIpc) is 3.20. The Morgan fingerprint density at radius 2 is 2.11 bits per heavy atom. The van der Waals surface area contributed by atoms with Crippen LogP contribution in [0.1, 0.15) is 30.6 Å². The number of anilines is 1. The number of nitrogens with one attached hydrogen (secondary N) is 1. The van der Waals surface area contributed by atoms with Crippen molar-refractivity contribution in [3.05, 3.63) is 16.3 Å². The quantitative estimate of drug-likeness (QED) is 0.884. The molecular formula is C14H21N3OS. The van der Waals surface area contributed by atoms with Crippen LogP contribution in [-0.4, -0.2) is 29.9 Å². The van der Waals surface area contributed by atoms with E-state index in [1.54, 1.807) is 11.3 Å². The van der Waals surface area contributed by atoms with Crippen molar-refractivity contribution in [3.8, 4) is 0 Å². The minimum absolute atomic E-state index is 0.357. The summed E-state index contributed by atoms with van der Waals surface area (Å²) in [5.74, 6) is 0.747. The second kappa shape index (κ2) is 5.51. The molecular weight excluding hydrogens is 258 g/mol. The first kappa shape index (κ1) is 12.9. The summed E-state index contributed by atoms with van der Waals surface area (Å²) in [6.07, 6.45) is 4.33. The predicted molar refractivity (Wildman–Crippen MR) is 77.9 cm³/mol. The van der Waals surface area contributed by atoms with Crippen LogP contribution in [0.5, 0.6) is 0 Å². The predicted octanol–water partition coefficient (Wildman–Crippen LogP) is 1.82. The first-order valence-corrected chi connectivity index (χ1v) is 7.96. The number of amides is 1. The Morgan fingerprint density at radius 1 is 1.37 bits per heavy atom. The van der Waals surface area contributed by atoms with Crippen molar-refractivity contribution in [1.82, 2.24) is 10.2 Å². The zero-order valence-corrected chi connectivity index (χ0v) is 11.9. The van der Waals surface area contributed by atoms with E-state index in [9.17, 15) is 4.79 Å². The van der Waals surface area contributed by atoms with Crippen LogP contribution in [0.15, 0.2) is 11.4 Å². The van der Waals surface area contributed by atoms with Gasteiger partial charge in [-0.15, -0.1) is 11.3 Å². The van der Waals surface area contributed by atoms with Crippen LogP contribution in [-0.2, 0) is 11.3 Å². The van der Waals surface area contributed by atoms with E-state index in [2.05, 4.69) is 10.2 Å². The van der Waals surface area contributed by atoms with E-state index >= 15 is 0 Å². The fourth-order valence-corrected chi connectivity index (χ4v) is 3.37. The highest BCUT2D eigenvalue weighted by Gasteiger charge is 2.34. The smallest absolute Gasteiger partial charge is 0.225 e. The standard InChI is InChI=1S/C14H21N3OS/c15-12-5-8-19-13(12)9-16-11-3-6-17(7-4-11)14(18)10-1-2-10/h5,8,10-11,16H,1-4,6-7,9,15H2. The summed E-state index contributed by atoms with van der Waals surface area (Å²) in [6, 6.07) is 2.48. The number of hydrogen-bond acceptors (Lipinski definition) is 4. The van der Waals surface area contributed by atoms with Crippen molar-refractivity contribution in [3.63, 3.8) is 0 Å². The molecule has 1 aliphatic heterocycles. The molecule has 4 nitrogen and oxygen atoms in total. The molecule has 1 amide bonds. The zero-order chi connectivity index (χ0) is 13.2. The van der Waals surface area contributed by atoms with Gasteiger partial charge in [-0.3, -0.25) is 4.79 Å². The number of rotatable bonds is 4. The van der Waals surface area contributed by atoms with Crippen LogP contribution in [0.25, 0.3) is 0 Å². The number of carbonyl (C=O) groups excluding carboxylic acids is 1. The van der Waals surface area contributed by atoms with Gasteiger partial charge in [0.15, 0.2) is 0 Å². The largest absolute Gasteiger partial charge is 0.398 e. The topological polar surface area (TPSA) is 58.4 Å². The monoisotopic (exact) mass is 279 g/mol. The van der Waals surface area contributed by atoms with Crippen LogP contribution in [0.3, 0.4) is 0 Å². The van der Waals surface area contributed by atoms with Gasteiger partial charge in [0.1, 0.15) is 0 Å².